The van der Waals surface area contributed by atoms with Crippen molar-refractivity contribution in [1.29, 1.82) is 0 Å². The van der Waals surface area contributed by atoms with Crippen molar-refractivity contribution in [3.8, 4) is 11.5 Å². The van der Waals surface area contributed by atoms with Crippen molar-refractivity contribution in [1.82, 2.24) is 5.32 Å². The maximum atomic E-state index is 11.1. The smallest absolute Gasteiger partial charge is 0.124 e. The molecule has 1 aromatic carbocycles. The van der Waals surface area contributed by atoms with E-state index in [2.05, 4.69) is 5.32 Å². The second-order valence-corrected chi connectivity index (χ2v) is 5.88. The van der Waals surface area contributed by atoms with Crippen LogP contribution in [0.4, 0.5) is 0 Å². The molecule has 18 heavy (non-hydrogen) atoms. The van der Waals surface area contributed by atoms with Crippen LogP contribution in [0, 0.1) is 0 Å². The van der Waals surface area contributed by atoms with Crippen LogP contribution >= 0.6 is 0 Å². The number of hydrogen-bond acceptors (Lipinski definition) is 4. The molecule has 0 saturated carbocycles. The zero-order valence-corrected chi connectivity index (χ0v) is 11.6. The van der Waals surface area contributed by atoms with Gasteiger partial charge in [0.2, 0.25) is 0 Å². The van der Waals surface area contributed by atoms with Gasteiger partial charge in [-0.15, -0.1) is 0 Å². The molecular formula is C13H19NO3S. The SMILES string of the molecule is COc1ccc2c(c1)C(NCCS(C)=O)CCO2. The summed E-state index contributed by atoms with van der Waals surface area (Å²) in [6, 6.07) is 6.12. The molecular weight excluding hydrogens is 250 g/mol. The van der Waals surface area contributed by atoms with E-state index < -0.39 is 10.8 Å². The van der Waals surface area contributed by atoms with Crippen LogP contribution in [-0.2, 0) is 10.8 Å². The molecule has 0 fully saturated rings. The second kappa shape index (κ2) is 6.20. The average Bonchev–Trinajstić information content (AvgIpc) is 2.38. The molecule has 1 N–H and O–H groups in total. The van der Waals surface area contributed by atoms with Gasteiger partial charge in [-0.3, -0.25) is 4.21 Å². The molecule has 0 saturated heterocycles. The Morgan fingerprint density at radius 3 is 3.11 bits per heavy atom. The van der Waals surface area contributed by atoms with Gasteiger partial charge in [0.25, 0.3) is 0 Å². The van der Waals surface area contributed by atoms with E-state index in [1.807, 2.05) is 18.2 Å². The minimum Gasteiger partial charge on any atom is -0.497 e. The molecule has 4 nitrogen and oxygen atoms in total. The minimum atomic E-state index is -0.752. The van der Waals surface area contributed by atoms with Crippen molar-refractivity contribution in [3.63, 3.8) is 0 Å². The van der Waals surface area contributed by atoms with E-state index in [0.717, 1.165) is 30.0 Å². The van der Waals surface area contributed by atoms with E-state index in [-0.39, 0.29) is 6.04 Å². The lowest BCUT2D eigenvalue weighted by Gasteiger charge is -2.27. The van der Waals surface area contributed by atoms with Crippen LogP contribution in [0.1, 0.15) is 18.0 Å². The molecule has 100 valence electrons. The van der Waals surface area contributed by atoms with Crippen LogP contribution in [0.3, 0.4) is 0 Å². The molecule has 0 aliphatic carbocycles. The first kappa shape index (κ1) is 13.4. The monoisotopic (exact) mass is 269 g/mol. The molecule has 2 atom stereocenters. The van der Waals surface area contributed by atoms with Crippen LogP contribution in [-0.4, -0.2) is 36.5 Å². The third-order valence-corrected chi connectivity index (χ3v) is 3.82. The summed E-state index contributed by atoms with van der Waals surface area (Å²) in [5.74, 6) is 2.43. The van der Waals surface area contributed by atoms with Crippen LogP contribution in [0.25, 0.3) is 0 Å². The highest BCUT2D eigenvalue weighted by Crippen LogP contribution is 2.34. The summed E-state index contributed by atoms with van der Waals surface area (Å²) in [7, 11) is 0.909. The lowest BCUT2D eigenvalue weighted by molar-refractivity contribution is 0.253. The fraction of sp³-hybridized carbons (Fsp3) is 0.538. The number of hydrogen-bond donors (Lipinski definition) is 1. The van der Waals surface area contributed by atoms with Crippen LogP contribution in [0.5, 0.6) is 11.5 Å². The summed E-state index contributed by atoms with van der Waals surface area (Å²) >= 11 is 0. The Morgan fingerprint density at radius 1 is 1.56 bits per heavy atom. The first-order valence-corrected chi connectivity index (χ1v) is 7.77. The molecule has 0 aromatic heterocycles. The first-order chi connectivity index (χ1) is 8.70. The summed E-state index contributed by atoms with van der Waals surface area (Å²) in [6.45, 7) is 1.47. The van der Waals surface area contributed by atoms with Crippen molar-refractivity contribution in [2.24, 2.45) is 0 Å². The third kappa shape index (κ3) is 3.23. The minimum absolute atomic E-state index is 0.257. The Kier molecular flexibility index (Phi) is 4.60. The van der Waals surface area contributed by atoms with Gasteiger partial charge in [-0.1, -0.05) is 0 Å². The maximum Gasteiger partial charge on any atom is 0.124 e. The molecule has 1 heterocycles. The number of ether oxygens (including phenoxy) is 2. The zero-order chi connectivity index (χ0) is 13.0. The molecule has 0 spiro atoms. The number of nitrogens with one attached hydrogen (secondary N) is 1. The summed E-state index contributed by atoms with van der Waals surface area (Å²) in [5.41, 5.74) is 1.13. The highest BCUT2D eigenvalue weighted by molar-refractivity contribution is 7.84. The van der Waals surface area contributed by atoms with E-state index >= 15 is 0 Å². The van der Waals surface area contributed by atoms with E-state index in [1.165, 1.54) is 0 Å². The van der Waals surface area contributed by atoms with Gasteiger partial charge < -0.3 is 14.8 Å². The van der Waals surface area contributed by atoms with E-state index in [4.69, 9.17) is 9.47 Å². The van der Waals surface area contributed by atoms with Crippen molar-refractivity contribution in [2.45, 2.75) is 12.5 Å². The zero-order valence-electron chi connectivity index (χ0n) is 10.8. The molecule has 5 heteroatoms. The van der Waals surface area contributed by atoms with Crippen molar-refractivity contribution < 1.29 is 13.7 Å². The molecule has 2 rings (SSSR count). The number of benzene rings is 1. The molecule has 0 amide bonds. The summed E-state index contributed by atoms with van der Waals surface area (Å²) in [6.07, 6.45) is 2.65. The van der Waals surface area contributed by atoms with Gasteiger partial charge in [0.15, 0.2) is 0 Å². The van der Waals surface area contributed by atoms with Crippen LogP contribution in [0.15, 0.2) is 18.2 Å². The van der Waals surface area contributed by atoms with Crippen LogP contribution in [0.2, 0.25) is 0 Å². The molecule has 1 aliphatic rings. The molecule has 2 unspecified atom stereocenters. The van der Waals surface area contributed by atoms with E-state index in [1.54, 1.807) is 13.4 Å². The quantitative estimate of drug-likeness (QED) is 0.880. The predicted molar refractivity (Wildman–Crippen MR) is 72.8 cm³/mol. The number of methoxy groups -OCH3 is 1. The summed E-state index contributed by atoms with van der Waals surface area (Å²) in [4.78, 5) is 0. The van der Waals surface area contributed by atoms with Crippen LogP contribution < -0.4 is 14.8 Å². The van der Waals surface area contributed by atoms with E-state index in [9.17, 15) is 4.21 Å². The van der Waals surface area contributed by atoms with Gasteiger partial charge in [-0.25, -0.2) is 0 Å². The Bertz CT molecular complexity index is 436. The predicted octanol–water partition coefficient (Wildman–Crippen LogP) is 1.49. The Morgan fingerprint density at radius 2 is 2.39 bits per heavy atom. The lowest BCUT2D eigenvalue weighted by Crippen LogP contribution is -2.29. The topological polar surface area (TPSA) is 47.6 Å². The summed E-state index contributed by atoms with van der Waals surface area (Å²) in [5, 5.41) is 3.43. The van der Waals surface area contributed by atoms with Crippen molar-refractivity contribution in [3.05, 3.63) is 23.8 Å². The Hall–Kier alpha value is -1.07. The van der Waals surface area contributed by atoms with E-state index in [0.29, 0.717) is 12.4 Å². The first-order valence-electron chi connectivity index (χ1n) is 6.05. The highest BCUT2D eigenvalue weighted by atomic mass is 32.2. The van der Waals surface area contributed by atoms with Gasteiger partial charge in [-0.05, 0) is 18.2 Å². The standard InChI is InChI=1S/C13H19NO3S/c1-16-10-3-4-13-11(9-10)12(5-7-17-13)14-6-8-18(2)15/h3-4,9,12,14H,5-8H2,1-2H3. The average molecular weight is 269 g/mol. The van der Waals surface area contributed by atoms with Gasteiger partial charge in [0, 0.05) is 47.4 Å². The molecule has 0 radical (unpaired) electrons. The third-order valence-electron chi connectivity index (χ3n) is 3.04. The fourth-order valence-electron chi connectivity index (χ4n) is 2.09. The lowest BCUT2D eigenvalue weighted by atomic mass is 10.0. The fourth-order valence-corrected chi connectivity index (χ4v) is 2.49. The van der Waals surface area contributed by atoms with Gasteiger partial charge in [0.1, 0.15) is 11.5 Å². The Labute approximate surface area is 110 Å². The molecule has 0 bridgehead atoms. The normalized spacial score (nSPS) is 19.8. The van der Waals surface area contributed by atoms with Crippen molar-refractivity contribution in [2.75, 3.05) is 32.3 Å². The summed E-state index contributed by atoms with van der Waals surface area (Å²) < 4.78 is 21.9. The number of rotatable bonds is 5. The molecule has 1 aliphatic heterocycles. The van der Waals surface area contributed by atoms with Crippen molar-refractivity contribution >= 4 is 10.8 Å². The highest BCUT2D eigenvalue weighted by Gasteiger charge is 2.21. The van der Waals surface area contributed by atoms with Gasteiger partial charge in [0.05, 0.1) is 13.7 Å². The largest absolute Gasteiger partial charge is 0.497 e. The van der Waals surface area contributed by atoms with Gasteiger partial charge >= 0.3 is 0 Å². The second-order valence-electron chi connectivity index (χ2n) is 4.32. The van der Waals surface area contributed by atoms with Gasteiger partial charge in [-0.2, -0.15) is 0 Å². The Balaban J connectivity index is 2.08. The molecule has 1 aromatic rings. The maximum absolute atomic E-state index is 11.1. The number of fused-ring (bicyclic) bond motifs is 1.